The maximum absolute atomic E-state index is 10.2. The number of unbranched alkanes of at least 4 members (excludes halogenated alkanes) is 32. The fourth-order valence-corrected chi connectivity index (χ4v) is 9.41. The Labute approximate surface area is 433 Å². The molecule has 0 saturated carbocycles. The van der Waals surface area contributed by atoms with Gasteiger partial charge in [-0.15, -0.1) is 0 Å². The van der Waals surface area contributed by atoms with Crippen LogP contribution in [-0.4, -0.2) is 79.7 Å². The number of aliphatic hydroxyl groups is 2. The highest BCUT2D eigenvalue weighted by atomic mass is 31.1. The highest BCUT2D eigenvalue weighted by molar-refractivity contribution is 7.26. The van der Waals surface area contributed by atoms with Gasteiger partial charge in [-0.1, -0.05) is 251 Å². The van der Waals surface area contributed by atoms with Crippen LogP contribution in [0.2, 0.25) is 0 Å². The van der Waals surface area contributed by atoms with Crippen LogP contribution in [0.4, 0.5) is 0 Å². The van der Waals surface area contributed by atoms with Crippen LogP contribution < -0.4 is 0 Å². The summed E-state index contributed by atoms with van der Waals surface area (Å²) in [7, 11) is -0.286. The summed E-state index contributed by atoms with van der Waals surface area (Å²) < 4.78 is 22.1. The van der Waals surface area contributed by atoms with E-state index in [-0.39, 0.29) is 53.5 Å². The van der Waals surface area contributed by atoms with Gasteiger partial charge in [-0.05, 0) is 57.8 Å². The molecule has 0 aliphatic heterocycles. The molecule has 13 heteroatoms. The Morgan fingerprint density at radius 3 is 1.01 bits per heavy atom. The first-order chi connectivity index (χ1) is 34.6. The van der Waals surface area contributed by atoms with Crippen LogP contribution in [-0.2, 0) is 43.3 Å². The standard InChI is InChI=1S/C57H117O12P/c1-4-7-10-33-42-54(58)44-35-27-21-15-13-18-25-31-40-49-63-65-51-57(62-53-61-48-39-30-24-20-17-22-28-36-45-55(59)43-34-11-8-5-2)52-66-64-50-41-32-26-19-14-16-23-29-38-47-56(67-70-69-68-60)46-37-12-9-6-3/h54-60,70H,4-53H2,1-3H3/t54?,55?,56?,57-/m1/s1. The van der Waals surface area contributed by atoms with E-state index in [9.17, 15) is 10.2 Å². The SMILES string of the molecule is CCCCCCC(O)CCCCCCCCCCCOOC[C@H](COOCCCCCCCCCCCC(CCCCCC)OPOOO)OCOCCCCCCCCCCC(O)CCCCCC. The van der Waals surface area contributed by atoms with Gasteiger partial charge in [0.25, 0.3) is 0 Å². The molecule has 3 N–H and O–H groups in total. The fourth-order valence-electron chi connectivity index (χ4n) is 8.97. The molecule has 0 aliphatic carbocycles. The van der Waals surface area contributed by atoms with Gasteiger partial charge < -0.3 is 24.2 Å². The van der Waals surface area contributed by atoms with Crippen LogP contribution in [0.5, 0.6) is 0 Å². The summed E-state index contributed by atoms with van der Waals surface area (Å²) in [5, 5.41) is 32.5. The summed E-state index contributed by atoms with van der Waals surface area (Å²) in [6, 6.07) is 0. The van der Waals surface area contributed by atoms with E-state index in [4.69, 9.17) is 38.8 Å². The summed E-state index contributed by atoms with van der Waals surface area (Å²) in [5.41, 5.74) is 0. The Morgan fingerprint density at radius 1 is 0.343 bits per heavy atom. The van der Waals surface area contributed by atoms with Crippen LogP contribution in [0.25, 0.3) is 0 Å². The van der Waals surface area contributed by atoms with Crippen molar-refractivity contribution in [2.45, 2.75) is 328 Å². The zero-order valence-corrected chi connectivity index (χ0v) is 47.2. The van der Waals surface area contributed by atoms with E-state index in [2.05, 4.69) is 30.5 Å². The number of ether oxygens (including phenoxy) is 2. The van der Waals surface area contributed by atoms with Gasteiger partial charge in [-0.3, -0.25) is 0 Å². The first kappa shape index (κ1) is 70.0. The zero-order chi connectivity index (χ0) is 50.7. The third kappa shape index (κ3) is 57.2. The van der Waals surface area contributed by atoms with Gasteiger partial charge >= 0.3 is 0 Å². The topological polar surface area (TPSA) is 144 Å². The van der Waals surface area contributed by atoms with Crippen molar-refractivity contribution in [1.82, 2.24) is 0 Å². The van der Waals surface area contributed by atoms with Crippen LogP contribution >= 0.6 is 9.03 Å². The number of rotatable bonds is 63. The second-order valence-corrected chi connectivity index (χ2v) is 21.0. The van der Waals surface area contributed by atoms with E-state index in [1.807, 2.05) is 0 Å². The molecule has 4 unspecified atom stereocenters. The predicted octanol–water partition coefficient (Wildman–Crippen LogP) is 17.5. The average Bonchev–Trinajstić information content (AvgIpc) is 3.36. The summed E-state index contributed by atoms with van der Waals surface area (Å²) in [4.78, 5) is 22.2. The van der Waals surface area contributed by atoms with Crippen molar-refractivity contribution < 1.29 is 58.7 Å². The first-order valence-corrected chi connectivity index (χ1v) is 30.8. The second-order valence-electron chi connectivity index (χ2n) is 20.4. The second kappa shape index (κ2) is 61.5. The molecule has 0 amide bonds. The lowest BCUT2D eigenvalue weighted by Crippen LogP contribution is -2.27. The van der Waals surface area contributed by atoms with E-state index in [1.54, 1.807) is 0 Å². The molecular formula is C57H117O12P. The Morgan fingerprint density at radius 2 is 0.657 bits per heavy atom. The van der Waals surface area contributed by atoms with E-state index < -0.39 is 0 Å². The minimum absolute atomic E-state index is 0.0976. The highest BCUT2D eigenvalue weighted by Crippen LogP contribution is 2.25. The molecule has 0 aromatic rings. The van der Waals surface area contributed by atoms with Crippen molar-refractivity contribution in [3.05, 3.63) is 0 Å². The van der Waals surface area contributed by atoms with Crippen LogP contribution in [0.15, 0.2) is 0 Å². The minimum atomic E-state index is -0.351. The third-order valence-electron chi connectivity index (χ3n) is 13.6. The van der Waals surface area contributed by atoms with E-state index in [0.717, 1.165) is 96.3 Å². The first-order valence-electron chi connectivity index (χ1n) is 30.0. The Balaban J connectivity index is 4.17. The Bertz CT molecular complexity index is 942. The Kier molecular flexibility index (Phi) is 61.5. The summed E-state index contributed by atoms with van der Waals surface area (Å²) in [5.74, 6) is 0. The van der Waals surface area contributed by atoms with Crippen LogP contribution in [0, 0.1) is 0 Å². The van der Waals surface area contributed by atoms with Gasteiger partial charge in [0.1, 0.15) is 26.1 Å². The van der Waals surface area contributed by atoms with Crippen molar-refractivity contribution in [3.63, 3.8) is 0 Å². The van der Waals surface area contributed by atoms with Gasteiger partial charge in [-0.2, -0.15) is 4.67 Å². The Hall–Kier alpha value is -0.0500. The molecule has 12 nitrogen and oxygen atoms in total. The molecule has 0 aliphatic rings. The minimum Gasteiger partial charge on any atom is -0.393 e. The lowest BCUT2D eigenvalue weighted by molar-refractivity contribution is -0.438. The molecule has 422 valence electrons. The molecule has 0 aromatic carbocycles. The van der Waals surface area contributed by atoms with Gasteiger partial charge in [0.05, 0.1) is 31.5 Å². The molecule has 0 rings (SSSR count). The lowest BCUT2D eigenvalue weighted by Gasteiger charge is -2.17. The number of aliphatic hydroxyl groups excluding tert-OH is 2. The fraction of sp³-hybridized carbons (Fsp3) is 1.00. The zero-order valence-electron chi connectivity index (χ0n) is 46.2. The van der Waals surface area contributed by atoms with Crippen LogP contribution in [0.3, 0.4) is 0 Å². The summed E-state index contributed by atoms with van der Waals surface area (Å²) in [6.07, 6.45) is 51.5. The predicted molar refractivity (Wildman–Crippen MR) is 290 cm³/mol. The smallest absolute Gasteiger partial charge is 0.198 e. The van der Waals surface area contributed by atoms with Gasteiger partial charge in [0.15, 0.2) is 9.03 Å². The molecule has 5 atom stereocenters. The van der Waals surface area contributed by atoms with Gasteiger partial charge in [-0.25, -0.2) is 24.8 Å². The summed E-state index contributed by atoms with van der Waals surface area (Å²) in [6.45, 7) is 9.18. The highest BCUT2D eigenvalue weighted by Gasteiger charge is 2.13. The molecule has 0 spiro atoms. The average molecular weight is 1030 g/mol. The third-order valence-corrected chi connectivity index (χ3v) is 14.2. The molecule has 0 heterocycles. The molecule has 0 bridgehead atoms. The van der Waals surface area contributed by atoms with E-state index in [1.165, 1.54) is 186 Å². The number of hydrogen-bond acceptors (Lipinski definition) is 12. The van der Waals surface area contributed by atoms with Gasteiger partial charge in [0, 0.05) is 6.61 Å². The maximum Gasteiger partial charge on any atom is 0.198 e. The van der Waals surface area contributed by atoms with Crippen LogP contribution in [0.1, 0.15) is 303 Å². The molecular weight excluding hydrogens is 908 g/mol. The maximum atomic E-state index is 10.2. The van der Waals surface area contributed by atoms with Crippen molar-refractivity contribution in [1.29, 1.82) is 0 Å². The molecule has 0 fully saturated rings. The lowest BCUT2D eigenvalue weighted by atomic mass is 10.0. The quantitative estimate of drug-likeness (QED) is 0.0175. The molecule has 0 radical (unpaired) electrons. The summed E-state index contributed by atoms with van der Waals surface area (Å²) >= 11 is 0. The normalized spacial score (nSPS) is 13.8. The van der Waals surface area contributed by atoms with Crippen molar-refractivity contribution in [2.24, 2.45) is 0 Å². The van der Waals surface area contributed by atoms with Crippen molar-refractivity contribution in [3.8, 4) is 0 Å². The van der Waals surface area contributed by atoms with Gasteiger partial charge in [0.2, 0.25) is 0 Å². The molecule has 0 saturated heterocycles. The van der Waals surface area contributed by atoms with Crippen molar-refractivity contribution >= 4 is 9.03 Å². The van der Waals surface area contributed by atoms with E-state index in [0.29, 0.717) is 19.8 Å². The van der Waals surface area contributed by atoms with Crippen molar-refractivity contribution in [2.75, 3.05) is 39.8 Å². The monoisotopic (exact) mass is 1020 g/mol. The largest absolute Gasteiger partial charge is 0.393 e. The van der Waals surface area contributed by atoms with E-state index >= 15 is 0 Å². The molecule has 0 aromatic heterocycles. The molecule has 70 heavy (non-hydrogen) atoms. The number of hydrogen-bond donors (Lipinski definition) is 3.